The predicted octanol–water partition coefficient (Wildman–Crippen LogP) is 3.35. The van der Waals surface area contributed by atoms with Gasteiger partial charge in [0.05, 0.1) is 37.1 Å². The first kappa shape index (κ1) is 24.5. The summed E-state index contributed by atoms with van der Waals surface area (Å²) in [6, 6.07) is 10.7. The fraction of sp³-hybridized carbons (Fsp3) is 0.480. The Kier molecular flexibility index (Phi) is 9.06. The molecule has 1 atom stereocenters. The number of para-hydroxylation sites is 2. The van der Waals surface area contributed by atoms with Crippen LogP contribution in [0.25, 0.3) is 0 Å². The Labute approximate surface area is 195 Å². The maximum Gasteiger partial charge on any atom is 0.258 e. The van der Waals surface area contributed by atoms with Crippen molar-refractivity contribution in [2.75, 3.05) is 31.6 Å². The van der Waals surface area contributed by atoms with E-state index in [4.69, 9.17) is 4.74 Å². The van der Waals surface area contributed by atoms with Gasteiger partial charge in [-0.05, 0) is 43.0 Å². The number of hydrogen-bond donors (Lipinski definition) is 3. The van der Waals surface area contributed by atoms with Crippen LogP contribution in [0.1, 0.15) is 49.9 Å². The van der Waals surface area contributed by atoms with Crippen LogP contribution in [0.5, 0.6) is 5.75 Å². The summed E-state index contributed by atoms with van der Waals surface area (Å²) >= 11 is 0. The number of aliphatic hydroxyl groups excluding tert-OH is 1. The topological polar surface area (TPSA) is 104 Å². The summed E-state index contributed by atoms with van der Waals surface area (Å²) < 4.78 is 5.96. The molecule has 1 aromatic heterocycles. The summed E-state index contributed by atoms with van der Waals surface area (Å²) in [6.07, 6.45) is 5.22. The largest absolute Gasteiger partial charge is 0.491 e. The lowest BCUT2D eigenvalue weighted by Gasteiger charge is -2.26. The number of nitrogens with one attached hydrogen (secondary N) is 2. The summed E-state index contributed by atoms with van der Waals surface area (Å²) in [5.74, 6) is 0.663. The number of hydrogen-bond acceptors (Lipinski definition) is 6. The number of nitrogens with zero attached hydrogens (tertiary/aromatic N) is 2. The lowest BCUT2D eigenvalue weighted by Crippen LogP contribution is -2.47. The second-order valence-corrected chi connectivity index (χ2v) is 8.61. The van der Waals surface area contributed by atoms with Crippen LogP contribution in [0.3, 0.4) is 0 Å². The van der Waals surface area contributed by atoms with Gasteiger partial charge in [-0.2, -0.15) is 0 Å². The minimum absolute atomic E-state index is 0.0733. The van der Waals surface area contributed by atoms with E-state index in [1.165, 1.54) is 0 Å². The molecule has 178 valence electrons. The van der Waals surface area contributed by atoms with Crippen LogP contribution in [-0.4, -0.2) is 59.1 Å². The molecule has 2 aromatic rings. The molecule has 2 heterocycles. The number of aliphatic hydroxyl groups is 1. The van der Waals surface area contributed by atoms with Crippen molar-refractivity contribution in [1.82, 2.24) is 15.2 Å². The maximum atomic E-state index is 13.5. The summed E-state index contributed by atoms with van der Waals surface area (Å²) in [6.45, 7) is 4.72. The van der Waals surface area contributed by atoms with Gasteiger partial charge in [-0.1, -0.05) is 38.8 Å². The Morgan fingerprint density at radius 3 is 2.76 bits per heavy atom. The van der Waals surface area contributed by atoms with Gasteiger partial charge in [0.1, 0.15) is 11.6 Å². The van der Waals surface area contributed by atoms with Gasteiger partial charge < -0.3 is 25.4 Å². The second-order valence-electron chi connectivity index (χ2n) is 8.61. The lowest BCUT2D eigenvalue weighted by molar-refractivity contribution is -0.123. The number of fused-ring (bicyclic) bond motifs is 2. The number of ether oxygens (including phenoxy) is 1. The second kappa shape index (κ2) is 12.2. The highest BCUT2D eigenvalue weighted by atomic mass is 16.5. The van der Waals surface area contributed by atoms with Crippen molar-refractivity contribution < 1.29 is 19.4 Å². The molecule has 3 N–H and O–H groups in total. The van der Waals surface area contributed by atoms with Crippen molar-refractivity contribution >= 4 is 23.3 Å². The lowest BCUT2D eigenvalue weighted by atomic mass is 10.1. The first-order valence-electron chi connectivity index (χ1n) is 11.6. The number of benzene rings is 1. The molecule has 2 amide bonds. The molecule has 3 rings (SSSR count). The molecule has 0 unspecified atom stereocenters. The van der Waals surface area contributed by atoms with Crippen LogP contribution in [0.2, 0.25) is 0 Å². The Morgan fingerprint density at radius 2 is 1.97 bits per heavy atom. The third-order valence-corrected chi connectivity index (χ3v) is 5.73. The zero-order valence-corrected chi connectivity index (χ0v) is 19.4. The van der Waals surface area contributed by atoms with Gasteiger partial charge in [-0.25, -0.2) is 4.98 Å². The molecule has 1 aliphatic rings. The van der Waals surface area contributed by atoms with Crippen LogP contribution in [0.4, 0.5) is 11.5 Å². The van der Waals surface area contributed by atoms with E-state index in [0.717, 1.165) is 31.4 Å². The van der Waals surface area contributed by atoms with Gasteiger partial charge in [0.15, 0.2) is 0 Å². The molecule has 0 aliphatic carbocycles. The van der Waals surface area contributed by atoms with E-state index in [2.05, 4.69) is 15.6 Å². The van der Waals surface area contributed by atoms with Crippen LogP contribution in [0, 0.1) is 5.92 Å². The zero-order valence-electron chi connectivity index (χ0n) is 19.4. The third-order valence-electron chi connectivity index (χ3n) is 5.73. The van der Waals surface area contributed by atoms with E-state index in [9.17, 15) is 14.7 Å². The first-order valence-corrected chi connectivity index (χ1v) is 11.6. The number of carbonyl (C=O) groups excluding carboxylic acids is 2. The maximum absolute atomic E-state index is 13.5. The average molecular weight is 455 g/mol. The monoisotopic (exact) mass is 454 g/mol. The van der Waals surface area contributed by atoms with Crippen molar-refractivity contribution in [2.45, 2.75) is 45.6 Å². The molecular formula is C25H34N4O4. The Hall–Kier alpha value is -3.13. The van der Waals surface area contributed by atoms with Crippen molar-refractivity contribution in [3.05, 3.63) is 48.2 Å². The van der Waals surface area contributed by atoms with Gasteiger partial charge in [-0.3, -0.25) is 9.59 Å². The quantitative estimate of drug-likeness (QED) is 0.640. The molecule has 8 heteroatoms. The minimum atomic E-state index is -0.348. The molecule has 0 fully saturated rings. The van der Waals surface area contributed by atoms with E-state index in [1.54, 1.807) is 23.2 Å². The molecule has 33 heavy (non-hydrogen) atoms. The first-order chi connectivity index (χ1) is 16.0. The van der Waals surface area contributed by atoms with Crippen LogP contribution in [-0.2, 0) is 4.79 Å². The fourth-order valence-electron chi connectivity index (χ4n) is 3.71. The number of amides is 2. The predicted molar refractivity (Wildman–Crippen MR) is 128 cm³/mol. The van der Waals surface area contributed by atoms with E-state index in [-0.39, 0.29) is 36.9 Å². The normalized spacial score (nSPS) is 16.0. The van der Waals surface area contributed by atoms with Crippen molar-refractivity contribution in [3.8, 4) is 5.75 Å². The summed E-state index contributed by atoms with van der Waals surface area (Å²) in [4.78, 5) is 32.2. The Balaban J connectivity index is 1.86. The van der Waals surface area contributed by atoms with Gasteiger partial charge >= 0.3 is 0 Å². The van der Waals surface area contributed by atoms with E-state index in [1.807, 2.05) is 38.1 Å². The molecule has 0 saturated carbocycles. The molecule has 0 spiro atoms. The highest BCUT2D eigenvalue weighted by Gasteiger charge is 2.24. The number of aromatic nitrogens is 1. The van der Waals surface area contributed by atoms with Crippen molar-refractivity contribution in [2.24, 2.45) is 5.92 Å². The number of carbonyl (C=O) groups is 2. The average Bonchev–Trinajstić information content (AvgIpc) is 2.81. The molecule has 0 saturated heterocycles. The minimum Gasteiger partial charge on any atom is -0.491 e. The van der Waals surface area contributed by atoms with E-state index >= 15 is 0 Å². The Morgan fingerprint density at radius 1 is 1.18 bits per heavy atom. The highest BCUT2D eigenvalue weighted by molar-refractivity contribution is 6.01. The Bertz CT molecular complexity index is 934. The van der Waals surface area contributed by atoms with Crippen LogP contribution < -0.4 is 15.4 Å². The van der Waals surface area contributed by atoms with Gasteiger partial charge in [0.2, 0.25) is 5.91 Å². The third kappa shape index (κ3) is 6.92. The van der Waals surface area contributed by atoms with Crippen molar-refractivity contribution in [1.29, 1.82) is 0 Å². The number of anilines is 2. The summed E-state index contributed by atoms with van der Waals surface area (Å²) in [7, 11) is 0. The SMILES string of the molecule is CC(C)[C@@H](CO)NC(=O)CN1CCCCCCOc2ccccc2Nc2ncccc2C1=O. The molecule has 1 aromatic carbocycles. The molecule has 0 radical (unpaired) electrons. The number of pyridine rings is 1. The van der Waals surface area contributed by atoms with Gasteiger partial charge in [-0.15, -0.1) is 0 Å². The molecule has 1 aliphatic heterocycles. The van der Waals surface area contributed by atoms with Gasteiger partial charge in [0.25, 0.3) is 5.91 Å². The molecule has 0 bridgehead atoms. The molecular weight excluding hydrogens is 420 g/mol. The molecule has 8 nitrogen and oxygen atoms in total. The van der Waals surface area contributed by atoms with E-state index in [0.29, 0.717) is 30.3 Å². The van der Waals surface area contributed by atoms with Gasteiger partial charge in [0, 0.05) is 12.7 Å². The highest BCUT2D eigenvalue weighted by Crippen LogP contribution is 2.29. The fourth-order valence-corrected chi connectivity index (χ4v) is 3.71. The van der Waals surface area contributed by atoms with Crippen molar-refractivity contribution in [3.63, 3.8) is 0 Å². The van der Waals surface area contributed by atoms with Crippen LogP contribution in [0.15, 0.2) is 42.6 Å². The smallest absolute Gasteiger partial charge is 0.258 e. The summed E-state index contributed by atoms with van der Waals surface area (Å²) in [5.41, 5.74) is 1.12. The zero-order chi connectivity index (χ0) is 23.6. The summed E-state index contributed by atoms with van der Waals surface area (Å²) in [5, 5.41) is 15.6. The van der Waals surface area contributed by atoms with E-state index < -0.39 is 0 Å². The number of rotatable bonds is 5. The standard InChI is InChI=1S/C25H34N4O4/c1-18(2)21(17-30)27-23(31)16-29-14-7-3-4-8-15-33-22-12-6-5-11-20(22)28-24-19(25(29)32)10-9-13-26-24/h5-6,9-13,18,21,30H,3-4,7-8,14-17H2,1-2H3,(H,26,28)(H,27,31)/t21-/m1/s1. The van der Waals surface area contributed by atoms with Crippen LogP contribution >= 0.6 is 0 Å².